The zero-order valence-electron chi connectivity index (χ0n) is 29.8. The maximum absolute atomic E-state index is 13.2. The van der Waals surface area contributed by atoms with Crippen molar-refractivity contribution in [2.45, 2.75) is 67.3 Å². The van der Waals surface area contributed by atoms with Crippen LogP contribution in [0.15, 0.2) is 84.9 Å². The van der Waals surface area contributed by atoms with Gasteiger partial charge in [-0.2, -0.15) is 0 Å². The van der Waals surface area contributed by atoms with E-state index in [0.29, 0.717) is 34.1 Å². The van der Waals surface area contributed by atoms with E-state index in [0.717, 1.165) is 37.5 Å². The molecular formula is C42H51N3O4. The fourth-order valence-electron chi connectivity index (χ4n) is 6.58. The number of nitrogens with zero attached hydrogens (tertiary/aromatic N) is 2. The number of hydrogen-bond acceptors (Lipinski definition) is 5. The highest BCUT2D eigenvalue weighted by Gasteiger charge is 2.18. The minimum absolute atomic E-state index is 0.127. The number of benzene rings is 4. The van der Waals surface area contributed by atoms with Crippen LogP contribution in [0.25, 0.3) is 22.0 Å². The Balaban J connectivity index is 1.27. The van der Waals surface area contributed by atoms with Gasteiger partial charge in [-0.05, 0) is 99.1 Å². The fourth-order valence-corrected chi connectivity index (χ4v) is 6.58. The molecule has 0 fully saturated rings. The molecule has 0 aliphatic rings. The fraction of sp³-hybridized carbons (Fsp3) is 0.357. The number of phenolic OH excluding ortho intramolecular Hbond substituents is 2. The summed E-state index contributed by atoms with van der Waals surface area (Å²) in [4.78, 5) is 15.8. The molecule has 1 amide bonds. The molecule has 0 spiro atoms. The molecule has 258 valence electrons. The molecule has 0 aliphatic carbocycles. The summed E-state index contributed by atoms with van der Waals surface area (Å²) in [6.07, 6.45) is 3.66. The van der Waals surface area contributed by atoms with Gasteiger partial charge in [0.05, 0.1) is 5.56 Å². The SMILES string of the molecule is CCCN(CCC(C)CC)CC(C)Cn1c(C)c(C)c2cc(Oc3cccc(C(=O)Nc4cc(O)c(-c5ccccc5)c(O)c4)c3)ccc21. The first kappa shape index (κ1) is 35.6. The third-order valence-electron chi connectivity index (χ3n) is 9.60. The lowest BCUT2D eigenvalue weighted by molar-refractivity contribution is 0.102. The number of aryl methyl sites for hydroxylation is 1. The summed E-state index contributed by atoms with van der Waals surface area (Å²) in [6.45, 7) is 18.0. The topological polar surface area (TPSA) is 87.0 Å². The summed E-state index contributed by atoms with van der Waals surface area (Å²) in [7, 11) is 0. The zero-order chi connectivity index (χ0) is 35.1. The molecule has 49 heavy (non-hydrogen) atoms. The highest BCUT2D eigenvalue weighted by atomic mass is 16.5. The molecule has 0 saturated heterocycles. The highest BCUT2D eigenvalue weighted by molar-refractivity contribution is 6.05. The van der Waals surface area contributed by atoms with Crippen molar-refractivity contribution in [3.05, 3.63) is 102 Å². The van der Waals surface area contributed by atoms with E-state index in [1.807, 2.05) is 30.3 Å². The molecule has 1 aromatic heterocycles. The molecule has 5 rings (SSSR count). The van der Waals surface area contributed by atoms with Crippen molar-refractivity contribution in [1.82, 2.24) is 9.47 Å². The van der Waals surface area contributed by atoms with Gasteiger partial charge >= 0.3 is 0 Å². The van der Waals surface area contributed by atoms with Crippen LogP contribution >= 0.6 is 0 Å². The smallest absolute Gasteiger partial charge is 0.255 e. The van der Waals surface area contributed by atoms with Crippen molar-refractivity contribution < 1.29 is 19.7 Å². The van der Waals surface area contributed by atoms with Crippen LogP contribution in [0.2, 0.25) is 0 Å². The van der Waals surface area contributed by atoms with Gasteiger partial charge in [0.2, 0.25) is 0 Å². The second kappa shape index (κ2) is 16.1. The molecule has 0 bridgehead atoms. The molecule has 0 saturated carbocycles. The van der Waals surface area contributed by atoms with E-state index in [9.17, 15) is 15.0 Å². The van der Waals surface area contributed by atoms with E-state index >= 15 is 0 Å². The highest BCUT2D eigenvalue weighted by Crippen LogP contribution is 2.40. The molecule has 2 atom stereocenters. The first-order chi connectivity index (χ1) is 23.6. The Kier molecular flexibility index (Phi) is 11.7. The Morgan fingerprint density at radius 2 is 1.57 bits per heavy atom. The number of carbonyl (C=O) groups is 1. The average Bonchev–Trinajstić information content (AvgIpc) is 3.31. The minimum Gasteiger partial charge on any atom is -0.507 e. The summed E-state index contributed by atoms with van der Waals surface area (Å²) in [6, 6.07) is 25.2. The van der Waals surface area contributed by atoms with E-state index in [-0.39, 0.29) is 23.1 Å². The van der Waals surface area contributed by atoms with Crippen molar-refractivity contribution in [2.75, 3.05) is 25.0 Å². The molecule has 7 nitrogen and oxygen atoms in total. The number of carbonyl (C=O) groups excluding carboxylic acids is 1. The van der Waals surface area contributed by atoms with Gasteiger partial charge in [-0.3, -0.25) is 4.79 Å². The van der Waals surface area contributed by atoms with E-state index in [1.54, 1.807) is 30.3 Å². The number of phenols is 2. The summed E-state index contributed by atoms with van der Waals surface area (Å²) in [5.41, 5.74) is 5.38. The maximum atomic E-state index is 13.2. The van der Waals surface area contributed by atoms with Gasteiger partial charge in [0.1, 0.15) is 23.0 Å². The Hall–Kier alpha value is -4.75. The molecule has 4 aromatic carbocycles. The number of aromatic hydroxyl groups is 2. The maximum Gasteiger partial charge on any atom is 0.255 e. The van der Waals surface area contributed by atoms with Gasteiger partial charge in [-0.15, -0.1) is 0 Å². The number of aromatic nitrogens is 1. The van der Waals surface area contributed by atoms with Crippen molar-refractivity contribution in [1.29, 1.82) is 0 Å². The van der Waals surface area contributed by atoms with Crippen LogP contribution in [0.5, 0.6) is 23.0 Å². The van der Waals surface area contributed by atoms with Gasteiger partial charge in [0, 0.05) is 53.1 Å². The lowest BCUT2D eigenvalue weighted by Gasteiger charge is -2.27. The first-order valence-electron chi connectivity index (χ1n) is 17.6. The molecule has 0 radical (unpaired) electrons. The Morgan fingerprint density at radius 3 is 2.27 bits per heavy atom. The first-order valence-corrected chi connectivity index (χ1v) is 17.6. The Bertz CT molecular complexity index is 1860. The molecule has 1 heterocycles. The predicted molar refractivity (Wildman–Crippen MR) is 201 cm³/mol. The van der Waals surface area contributed by atoms with Gasteiger partial charge in [-0.25, -0.2) is 0 Å². The van der Waals surface area contributed by atoms with E-state index in [2.05, 4.69) is 68.5 Å². The number of ether oxygens (including phenoxy) is 1. The normalized spacial score (nSPS) is 12.7. The van der Waals surface area contributed by atoms with Crippen LogP contribution in [-0.4, -0.2) is 45.2 Å². The van der Waals surface area contributed by atoms with Gasteiger partial charge in [0.15, 0.2) is 0 Å². The molecule has 7 heteroatoms. The number of rotatable bonds is 15. The van der Waals surface area contributed by atoms with Crippen LogP contribution in [0.4, 0.5) is 5.69 Å². The largest absolute Gasteiger partial charge is 0.507 e. The van der Waals surface area contributed by atoms with E-state index in [1.165, 1.54) is 48.2 Å². The minimum atomic E-state index is -0.387. The van der Waals surface area contributed by atoms with Crippen LogP contribution in [0, 0.1) is 25.7 Å². The molecule has 0 aliphatic heterocycles. The van der Waals surface area contributed by atoms with Crippen molar-refractivity contribution in [2.24, 2.45) is 11.8 Å². The van der Waals surface area contributed by atoms with Gasteiger partial charge in [0.25, 0.3) is 5.91 Å². The molecule has 2 unspecified atom stereocenters. The van der Waals surface area contributed by atoms with Crippen molar-refractivity contribution in [3.63, 3.8) is 0 Å². The quantitative estimate of drug-likeness (QED) is 0.104. The van der Waals surface area contributed by atoms with Crippen molar-refractivity contribution in [3.8, 4) is 34.1 Å². The van der Waals surface area contributed by atoms with Crippen molar-refractivity contribution >= 4 is 22.5 Å². The van der Waals surface area contributed by atoms with Crippen LogP contribution in [0.1, 0.15) is 68.6 Å². The summed E-state index contributed by atoms with van der Waals surface area (Å²) >= 11 is 0. The van der Waals surface area contributed by atoms with Gasteiger partial charge < -0.3 is 29.7 Å². The second-order valence-corrected chi connectivity index (χ2v) is 13.5. The third-order valence-corrected chi connectivity index (χ3v) is 9.60. The lowest BCUT2D eigenvalue weighted by Crippen LogP contribution is -2.32. The summed E-state index contributed by atoms with van der Waals surface area (Å²) in [5, 5.41) is 25.2. The zero-order valence-corrected chi connectivity index (χ0v) is 29.8. The number of fused-ring (bicyclic) bond motifs is 1. The monoisotopic (exact) mass is 661 g/mol. The van der Waals surface area contributed by atoms with Gasteiger partial charge in [-0.1, -0.05) is 70.5 Å². The summed E-state index contributed by atoms with van der Waals surface area (Å²) < 4.78 is 8.72. The lowest BCUT2D eigenvalue weighted by atomic mass is 10.0. The van der Waals surface area contributed by atoms with E-state index < -0.39 is 0 Å². The molecule has 3 N–H and O–H groups in total. The number of nitrogens with one attached hydrogen (secondary N) is 1. The summed E-state index contributed by atoms with van der Waals surface area (Å²) in [5.74, 6) is 1.87. The number of anilines is 1. The van der Waals surface area contributed by atoms with Crippen LogP contribution < -0.4 is 10.1 Å². The second-order valence-electron chi connectivity index (χ2n) is 13.5. The standard InChI is InChI=1S/C42H51N3O4/c1-7-20-44(21-19-28(3)8-2)26-29(4)27-45-31(6)30(5)37-25-36(17-18-38(37)45)49-35-16-12-15-33(22-35)42(48)43-34-23-39(46)41(40(47)24-34)32-13-10-9-11-14-32/h9-18,22-25,28-29,46-47H,7-8,19-21,26-27H2,1-6H3,(H,43,48). The molecular weight excluding hydrogens is 610 g/mol. The third kappa shape index (κ3) is 8.65. The van der Waals surface area contributed by atoms with Crippen LogP contribution in [0.3, 0.4) is 0 Å². The van der Waals surface area contributed by atoms with E-state index in [4.69, 9.17) is 4.74 Å². The number of hydrogen-bond donors (Lipinski definition) is 3. The Morgan fingerprint density at radius 1 is 0.857 bits per heavy atom. The average molecular weight is 662 g/mol. The van der Waals surface area contributed by atoms with Crippen LogP contribution in [-0.2, 0) is 6.54 Å². The number of amides is 1. The molecule has 5 aromatic rings. The Labute approximate surface area is 291 Å². The predicted octanol–water partition coefficient (Wildman–Crippen LogP) is 10.2.